The Morgan fingerprint density at radius 2 is 1.92 bits per heavy atom. The SMILES string of the molecule is CC.COCC(C)CN(C)CP. The lowest BCUT2D eigenvalue weighted by molar-refractivity contribution is 0.142. The summed E-state index contributed by atoms with van der Waals surface area (Å²) >= 11 is 0. The molecule has 0 aliphatic rings. The van der Waals surface area contributed by atoms with Crippen LogP contribution < -0.4 is 0 Å². The third-order valence-corrected chi connectivity index (χ3v) is 2.01. The first-order chi connectivity index (χ1) is 5.70. The van der Waals surface area contributed by atoms with Crippen molar-refractivity contribution in [3.8, 4) is 0 Å². The molecule has 0 amide bonds. The first-order valence-electron chi connectivity index (χ1n) is 4.58. The molecule has 2 atom stereocenters. The molecule has 0 aliphatic carbocycles. The average molecular weight is 193 g/mol. The molecule has 0 aromatic heterocycles. The van der Waals surface area contributed by atoms with Crippen molar-refractivity contribution in [2.45, 2.75) is 20.8 Å². The maximum atomic E-state index is 5.02. The van der Waals surface area contributed by atoms with Crippen molar-refractivity contribution in [2.24, 2.45) is 5.92 Å². The number of rotatable bonds is 5. The molecule has 0 bridgehead atoms. The van der Waals surface area contributed by atoms with Crippen molar-refractivity contribution in [2.75, 3.05) is 33.6 Å². The van der Waals surface area contributed by atoms with Gasteiger partial charge < -0.3 is 9.64 Å². The maximum absolute atomic E-state index is 5.02. The second-order valence-corrected chi connectivity index (χ2v) is 3.15. The van der Waals surface area contributed by atoms with Crippen LogP contribution in [0.4, 0.5) is 0 Å². The zero-order chi connectivity index (χ0) is 9.98. The van der Waals surface area contributed by atoms with Gasteiger partial charge in [-0.25, -0.2) is 0 Å². The van der Waals surface area contributed by atoms with Gasteiger partial charge in [-0.3, -0.25) is 0 Å². The number of nitrogens with zero attached hydrogens (tertiary/aromatic N) is 1. The fourth-order valence-corrected chi connectivity index (χ4v) is 1.09. The van der Waals surface area contributed by atoms with Crippen LogP contribution in [0.5, 0.6) is 0 Å². The van der Waals surface area contributed by atoms with Gasteiger partial charge in [0.05, 0.1) is 0 Å². The summed E-state index contributed by atoms with van der Waals surface area (Å²) in [6.07, 6.45) is 1.04. The van der Waals surface area contributed by atoms with E-state index in [9.17, 15) is 0 Å². The Kier molecular flexibility index (Phi) is 14.0. The molecule has 0 N–H and O–H groups in total. The van der Waals surface area contributed by atoms with Gasteiger partial charge in [0.2, 0.25) is 0 Å². The molecule has 2 nitrogen and oxygen atoms in total. The molecular weight excluding hydrogens is 169 g/mol. The standard InChI is InChI=1S/C7H18NOP.C2H6/c1-7(5-9-3)4-8(2)6-10;1-2/h7H,4-6,10H2,1-3H3;1-2H3. The van der Waals surface area contributed by atoms with Crippen LogP contribution in [0.3, 0.4) is 0 Å². The van der Waals surface area contributed by atoms with E-state index >= 15 is 0 Å². The van der Waals surface area contributed by atoms with Crippen LogP contribution in [0.15, 0.2) is 0 Å². The third-order valence-electron chi connectivity index (χ3n) is 1.39. The van der Waals surface area contributed by atoms with E-state index in [1.807, 2.05) is 13.8 Å². The van der Waals surface area contributed by atoms with E-state index in [1.54, 1.807) is 7.11 Å². The summed E-state index contributed by atoms with van der Waals surface area (Å²) in [5, 5.41) is 0. The zero-order valence-electron chi connectivity index (χ0n) is 9.13. The Labute approximate surface area is 79.9 Å². The molecule has 2 unspecified atom stereocenters. The highest BCUT2D eigenvalue weighted by molar-refractivity contribution is 7.16. The van der Waals surface area contributed by atoms with Crippen LogP contribution in [-0.2, 0) is 4.74 Å². The lowest BCUT2D eigenvalue weighted by atomic mass is 10.2. The molecule has 12 heavy (non-hydrogen) atoms. The minimum absolute atomic E-state index is 0.635. The normalized spacial score (nSPS) is 12.2. The van der Waals surface area contributed by atoms with Gasteiger partial charge >= 0.3 is 0 Å². The van der Waals surface area contributed by atoms with Crippen molar-refractivity contribution >= 4 is 9.24 Å². The summed E-state index contributed by atoms with van der Waals surface area (Å²) in [6, 6.07) is 0. The predicted octanol–water partition coefficient (Wildman–Crippen LogP) is 2.06. The van der Waals surface area contributed by atoms with Gasteiger partial charge in [0.15, 0.2) is 0 Å². The minimum atomic E-state index is 0.635. The smallest absolute Gasteiger partial charge is 0.0500 e. The van der Waals surface area contributed by atoms with E-state index < -0.39 is 0 Å². The lowest BCUT2D eigenvalue weighted by Crippen LogP contribution is -2.25. The highest BCUT2D eigenvalue weighted by Crippen LogP contribution is 1.99. The van der Waals surface area contributed by atoms with E-state index in [0.29, 0.717) is 5.92 Å². The number of methoxy groups -OCH3 is 1. The van der Waals surface area contributed by atoms with Crippen molar-refractivity contribution in [1.29, 1.82) is 0 Å². The van der Waals surface area contributed by atoms with Crippen molar-refractivity contribution in [3.63, 3.8) is 0 Å². The highest BCUT2D eigenvalue weighted by atomic mass is 31.0. The fraction of sp³-hybridized carbons (Fsp3) is 1.00. The van der Waals surface area contributed by atoms with E-state index in [2.05, 4.69) is 28.1 Å². The lowest BCUT2D eigenvalue weighted by Gasteiger charge is -2.18. The molecule has 0 aromatic carbocycles. The summed E-state index contributed by atoms with van der Waals surface area (Å²) in [7, 11) is 6.56. The Morgan fingerprint density at radius 3 is 2.25 bits per heavy atom. The van der Waals surface area contributed by atoms with Gasteiger partial charge in [0.25, 0.3) is 0 Å². The fourth-order valence-electron chi connectivity index (χ4n) is 0.944. The summed E-state index contributed by atoms with van der Waals surface area (Å²) in [6.45, 7) is 8.16. The van der Waals surface area contributed by atoms with Crippen LogP contribution in [0, 0.1) is 5.92 Å². The summed E-state index contributed by atoms with van der Waals surface area (Å²) in [5.41, 5.74) is 0. The molecule has 0 heterocycles. The third kappa shape index (κ3) is 10.3. The van der Waals surface area contributed by atoms with Crippen LogP contribution in [0.25, 0.3) is 0 Å². The minimum Gasteiger partial charge on any atom is -0.384 e. The van der Waals surface area contributed by atoms with Gasteiger partial charge in [-0.15, -0.1) is 9.24 Å². The van der Waals surface area contributed by atoms with E-state index in [-0.39, 0.29) is 0 Å². The number of ether oxygens (including phenoxy) is 1. The monoisotopic (exact) mass is 193 g/mol. The highest BCUT2D eigenvalue weighted by Gasteiger charge is 2.02. The van der Waals surface area contributed by atoms with Gasteiger partial charge in [-0.05, 0) is 13.0 Å². The second kappa shape index (κ2) is 11.4. The second-order valence-electron chi connectivity index (χ2n) is 2.78. The Balaban J connectivity index is 0. The Morgan fingerprint density at radius 1 is 1.42 bits per heavy atom. The van der Waals surface area contributed by atoms with E-state index in [4.69, 9.17) is 4.74 Å². The molecule has 0 aliphatic heterocycles. The molecule has 0 aromatic rings. The zero-order valence-corrected chi connectivity index (χ0v) is 10.3. The number of hydrogen-bond acceptors (Lipinski definition) is 2. The van der Waals surface area contributed by atoms with Crippen LogP contribution in [-0.4, -0.2) is 38.5 Å². The van der Waals surface area contributed by atoms with E-state index in [0.717, 1.165) is 19.4 Å². The molecule has 3 heteroatoms. The molecular formula is C9H24NOP. The van der Waals surface area contributed by atoms with Gasteiger partial charge in [0.1, 0.15) is 0 Å². The Bertz CT molecular complexity index is 80.9. The van der Waals surface area contributed by atoms with Crippen LogP contribution in [0.2, 0.25) is 0 Å². The molecule has 0 saturated carbocycles. The largest absolute Gasteiger partial charge is 0.384 e. The predicted molar refractivity (Wildman–Crippen MR) is 59.6 cm³/mol. The quantitative estimate of drug-likeness (QED) is 0.620. The Hall–Kier alpha value is 0.350. The maximum Gasteiger partial charge on any atom is 0.0500 e. The van der Waals surface area contributed by atoms with Crippen LogP contribution >= 0.6 is 9.24 Å². The van der Waals surface area contributed by atoms with Gasteiger partial charge in [-0.2, -0.15) is 0 Å². The first kappa shape index (κ1) is 14.9. The molecule has 0 saturated heterocycles. The van der Waals surface area contributed by atoms with E-state index in [1.165, 1.54) is 0 Å². The first-order valence-corrected chi connectivity index (χ1v) is 5.40. The molecule has 0 fully saturated rings. The summed E-state index contributed by atoms with van der Waals surface area (Å²) < 4.78 is 5.02. The van der Waals surface area contributed by atoms with Crippen molar-refractivity contribution in [1.82, 2.24) is 4.90 Å². The summed E-state index contributed by atoms with van der Waals surface area (Å²) in [4.78, 5) is 2.26. The average Bonchev–Trinajstić information content (AvgIpc) is 2.08. The van der Waals surface area contributed by atoms with Crippen LogP contribution in [0.1, 0.15) is 20.8 Å². The molecule has 0 rings (SSSR count). The topological polar surface area (TPSA) is 12.5 Å². The summed E-state index contributed by atoms with van der Waals surface area (Å²) in [5.74, 6) is 0.635. The molecule has 76 valence electrons. The molecule has 0 radical (unpaired) electrons. The van der Waals surface area contributed by atoms with Crippen molar-refractivity contribution in [3.05, 3.63) is 0 Å². The van der Waals surface area contributed by atoms with Crippen molar-refractivity contribution < 1.29 is 4.74 Å². The van der Waals surface area contributed by atoms with Gasteiger partial charge in [-0.1, -0.05) is 20.8 Å². The number of hydrogen-bond donors (Lipinski definition) is 0. The molecule has 0 spiro atoms. The van der Waals surface area contributed by atoms with Gasteiger partial charge in [0, 0.05) is 26.5 Å².